The van der Waals surface area contributed by atoms with E-state index in [1.165, 1.54) is 18.2 Å². The first-order chi connectivity index (χ1) is 9.77. The highest BCUT2D eigenvalue weighted by atomic mass is 19.4. The Morgan fingerprint density at radius 3 is 2.29 bits per heavy atom. The number of alkyl halides is 3. The molecule has 21 heavy (non-hydrogen) atoms. The third-order valence-corrected chi connectivity index (χ3v) is 2.75. The van der Waals surface area contributed by atoms with Crippen molar-refractivity contribution < 1.29 is 23.1 Å². The third-order valence-electron chi connectivity index (χ3n) is 2.75. The summed E-state index contributed by atoms with van der Waals surface area (Å²) in [4.78, 5) is 11.9. The Hall–Kier alpha value is -2.70. The summed E-state index contributed by atoms with van der Waals surface area (Å²) in [7, 11) is 0. The lowest BCUT2D eigenvalue weighted by molar-refractivity contribution is -0.137. The molecule has 110 valence electrons. The second kappa shape index (κ2) is 5.35. The van der Waals surface area contributed by atoms with Crippen molar-refractivity contribution in [3.8, 4) is 5.75 Å². The predicted octanol–water partition coefficient (Wildman–Crippen LogP) is 3.25. The quantitative estimate of drug-likeness (QED) is 0.588. The standard InChI is InChI=1S/C14H11F3N2O2/c15-14(16,17)8-1-3-9(4-2-8)19-13(21)11-7-10(20)5-6-12(11)18/h1-7,20H,18H2,(H,19,21). The van der Waals surface area contributed by atoms with Gasteiger partial charge in [-0.25, -0.2) is 0 Å². The van der Waals surface area contributed by atoms with E-state index in [1.807, 2.05) is 0 Å². The number of amides is 1. The van der Waals surface area contributed by atoms with Crippen molar-refractivity contribution in [3.63, 3.8) is 0 Å². The number of anilines is 2. The van der Waals surface area contributed by atoms with Gasteiger partial charge in [-0.05, 0) is 42.5 Å². The van der Waals surface area contributed by atoms with E-state index in [0.717, 1.165) is 24.3 Å². The van der Waals surface area contributed by atoms with Gasteiger partial charge in [-0.2, -0.15) is 13.2 Å². The summed E-state index contributed by atoms with van der Waals surface area (Å²) in [5.41, 5.74) is 5.17. The van der Waals surface area contributed by atoms with E-state index in [1.54, 1.807) is 0 Å². The highest BCUT2D eigenvalue weighted by Crippen LogP contribution is 2.30. The monoisotopic (exact) mass is 296 g/mol. The van der Waals surface area contributed by atoms with Gasteiger partial charge >= 0.3 is 6.18 Å². The minimum Gasteiger partial charge on any atom is -0.508 e. The molecular formula is C14H11F3N2O2. The van der Waals surface area contributed by atoms with Crippen LogP contribution in [0.1, 0.15) is 15.9 Å². The van der Waals surface area contributed by atoms with Crippen molar-refractivity contribution >= 4 is 17.3 Å². The molecule has 4 N–H and O–H groups in total. The Morgan fingerprint density at radius 2 is 1.71 bits per heavy atom. The molecule has 0 saturated carbocycles. The van der Waals surface area contributed by atoms with Crippen molar-refractivity contribution in [2.75, 3.05) is 11.1 Å². The van der Waals surface area contributed by atoms with Gasteiger partial charge in [0.25, 0.3) is 5.91 Å². The number of nitrogens with two attached hydrogens (primary N) is 1. The van der Waals surface area contributed by atoms with E-state index < -0.39 is 17.6 Å². The fourth-order valence-corrected chi connectivity index (χ4v) is 1.68. The summed E-state index contributed by atoms with van der Waals surface area (Å²) in [6.07, 6.45) is -4.43. The van der Waals surface area contributed by atoms with Gasteiger partial charge in [-0.1, -0.05) is 0 Å². The number of rotatable bonds is 2. The first-order valence-electron chi connectivity index (χ1n) is 5.84. The van der Waals surface area contributed by atoms with E-state index in [4.69, 9.17) is 5.73 Å². The van der Waals surface area contributed by atoms with Crippen LogP contribution >= 0.6 is 0 Å². The zero-order valence-electron chi connectivity index (χ0n) is 10.6. The average Bonchev–Trinajstić information content (AvgIpc) is 2.41. The summed E-state index contributed by atoms with van der Waals surface area (Å²) >= 11 is 0. The van der Waals surface area contributed by atoms with Crippen molar-refractivity contribution in [2.24, 2.45) is 0 Å². The highest BCUT2D eigenvalue weighted by Gasteiger charge is 2.30. The summed E-state index contributed by atoms with van der Waals surface area (Å²) in [5, 5.41) is 11.7. The van der Waals surface area contributed by atoms with Crippen LogP contribution in [-0.2, 0) is 6.18 Å². The largest absolute Gasteiger partial charge is 0.508 e. The molecule has 2 aromatic rings. The van der Waals surface area contributed by atoms with E-state index in [2.05, 4.69) is 5.32 Å². The second-order valence-electron chi connectivity index (χ2n) is 4.30. The third kappa shape index (κ3) is 3.44. The first-order valence-corrected chi connectivity index (χ1v) is 5.84. The fourth-order valence-electron chi connectivity index (χ4n) is 1.68. The van der Waals surface area contributed by atoms with Crippen LogP contribution in [0.3, 0.4) is 0 Å². The zero-order valence-corrected chi connectivity index (χ0v) is 10.6. The van der Waals surface area contributed by atoms with Crippen LogP contribution in [-0.4, -0.2) is 11.0 Å². The van der Waals surface area contributed by atoms with Crippen LogP contribution in [0.5, 0.6) is 5.75 Å². The minimum absolute atomic E-state index is 0.0369. The van der Waals surface area contributed by atoms with E-state index in [0.29, 0.717) is 0 Å². The fraction of sp³-hybridized carbons (Fsp3) is 0.0714. The molecule has 7 heteroatoms. The van der Waals surface area contributed by atoms with Crippen LogP contribution < -0.4 is 11.1 Å². The molecule has 0 aliphatic rings. The molecule has 2 aromatic carbocycles. The number of nitrogens with one attached hydrogen (secondary N) is 1. The van der Waals surface area contributed by atoms with Gasteiger partial charge in [-0.3, -0.25) is 4.79 Å². The predicted molar refractivity (Wildman–Crippen MR) is 71.9 cm³/mol. The van der Waals surface area contributed by atoms with Gasteiger partial charge in [0, 0.05) is 11.4 Å². The normalized spacial score (nSPS) is 11.2. The molecule has 0 aromatic heterocycles. The van der Waals surface area contributed by atoms with Gasteiger partial charge in [-0.15, -0.1) is 0 Å². The smallest absolute Gasteiger partial charge is 0.416 e. The maximum Gasteiger partial charge on any atom is 0.416 e. The number of carbonyl (C=O) groups excluding carboxylic acids is 1. The molecular weight excluding hydrogens is 285 g/mol. The Labute approximate surface area is 118 Å². The summed E-state index contributed by atoms with van der Waals surface area (Å²) in [6, 6.07) is 7.86. The van der Waals surface area contributed by atoms with Crippen molar-refractivity contribution in [2.45, 2.75) is 6.18 Å². The van der Waals surface area contributed by atoms with Gasteiger partial charge in [0.1, 0.15) is 5.75 Å². The van der Waals surface area contributed by atoms with Crippen LogP contribution in [0, 0.1) is 0 Å². The lowest BCUT2D eigenvalue weighted by Gasteiger charge is -2.10. The van der Waals surface area contributed by atoms with E-state index in [9.17, 15) is 23.1 Å². The molecule has 4 nitrogen and oxygen atoms in total. The molecule has 0 aliphatic carbocycles. The number of hydrogen-bond donors (Lipinski definition) is 3. The maximum atomic E-state index is 12.4. The lowest BCUT2D eigenvalue weighted by atomic mass is 10.1. The topological polar surface area (TPSA) is 75.3 Å². The van der Waals surface area contributed by atoms with Gasteiger partial charge in [0.05, 0.1) is 11.1 Å². The summed E-state index contributed by atoms with van der Waals surface area (Å²) in [6.45, 7) is 0. The molecule has 0 saturated heterocycles. The number of halogens is 3. The number of phenols is 1. The Bertz CT molecular complexity index is 667. The summed E-state index contributed by atoms with van der Waals surface area (Å²) in [5.74, 6) is -0.759. The number of nitrogen functional groups attached to an aromatic ring is 1. The maximum absolute atomic E-state index is 12.4. The minimum atomic E-state index is -4.43. The molecule has 2 rings (SSSR count). The molecule has 0 aliphatic heterocycles. The molecule has 0 fully saturated rings. The zero-order chi connectivity index (χ0) is 15.6. The number of carbonyl (C=O) groups is 1. The lowest BCUT2D eigenvalue weighted by Crippen LogP contribution is -2.14. The van der Waals surface area contributed by atoms with Gasteiger partial charge in [0.2, 0.25) is 0 Å². The molecule has 0 atom stereocenters. The summed E-state index contributed by atoms with van der Waals surface area (Å²) < 4.78 is 37.2. The van der Waals surface area contributed by atoms with Gasteiger partial charge < -0.3 is 16.2 Å². The Kier molecular flexibility index (Phi) is 3.75. The Balaban J connectivity index is 2.18. The average molecular weight is 296 g/mol. The first kappa shape index (κ1) is 14.7. The number of hydrogen-bond acceptors (Lipinski definition) is 3. The van der Waals surface area contributed by atoms with Crippen molar-refractivity contribution in [3.05, 3.63) is 53.6 Å². The van der Waals surface area contributed by atoms with Crippen molar-refractivity contribution in [1.82, 2.24) is 0 Å². The van der Waals surface area contributed by atoms with Gasteiger partial charge in [0.15, 0.2) is 0 Å². The van der Waals surface area contributed by atoms with Crippen LogP contribution in [0.4, 0.5) is 24.5 Å². The van der Waals surface area contributed by atoms with Crippen LogP contribution in [0.15, 0.2) is 42.5 Å². The highest BCUT2D eigenvalue weighted by molar-refractivity contribution is 6.08. The molecule has 0 unspecified atom stereocenters. The van der Waals surface area contributed by atoms with Crippen molar-refractivity contribution in [1.29, 1.82) is 0 Å². The molecule has 0 bridgehead atoms. The van der Waals surface area contributed by atoms with E-state index >= 15 is 0 Å². The Morgan fingerprint density at radius 1 is 1.10 bits per heavy atom. The SMILES string of the molecule is Nc1ccc(O)cc1C(=O)Nc1ccc(C(F)(F)F)cc1. The number of phenolic OH excluding ortho intramolecular Hbond substituents is 1. The molecule has 1 amide bonds. The second-order valence-corrected chi connectivity index (χ2v) is 4.30. The van der Waals surface area contributed by atoms with Crippen LogP contribution in [0.25, 0.3) is 0 Å². The van der Waals surface area contributed by atoms with Crippen LogP contribution in [0.2, 0.25) is 0 Å². The van der Waals surface area contributed by atoms with E-state index in [-0.39, 0.29) is 22.7 Å². The number of aromatic hydroxyl groups is 1. The number of benzene rings is 2. The molecule has 0 radical (unpaired) electrons. The molecule has 0 spiro atoms. The molecule has 0 heterocycles.